The molecule has 0 saturated heterocycles. The van der Waals surface area contributed by atoms with Crippen LogP contribution in [-0.4, -0.2) is 84.6 Å². The van der Waals surface area contributed by atoms with Crippen molar-refractivity contribution in [1.82, 2.24) is 4.13 Å². The van der Waals surface area contributed by atoms with E-state index in [9.17, 15) is 113 Å². The third-order valence-corrected chi connectivity index (χ3v) is 12.5. The summed E-state index contributed by atoms with van der Waals surface area (Å²) in [5.74, 6) is -40.6. The number of sulfonamides is 2. The normalized spacial score (nSPS) is 15.5. The van der Waals surface area contributed by atoms with Crippen LogP contribution >= 0.6 is 0 Å². The quantitative estimate of drug-likeness (QED) is 0.137. The van der Waals surface area contributed by atoms with Crippen molar-refractivity contribution in [1.29, 1.82) is 0 Å². The van der Waals surface area contributed by atoms with E-state index in [0.29, 0.717) is 12.1 Å². The van der Waals surface area contributed by atoms with E-state index < -0.39 is 129 Å². The second-order valence-electron chi connectivity index (χ2n) is 9.56. The first-order valence-corrected chi connectivity index (χ1v) is 17.7. The maximum atomic E-state index is 14.3. The van der Waals surface area contributed by atoms with Gasteiger partial charge in [-0.05, 0) is 24.3 Å². The highest BCUT2D eigenvalue weighted by Crippen LogP contribution is 2.62. The van der Waals surface area contributed by atoms with Crippen LogP contribution in [0.1, 0.15) is 0 Å². The molecule has 0 aliphatic carbocycles. The Kier molecular flexibility index (Phi) is 11.3. The van der Waals surface area contributed by atoms with Crippen molar-refractivity contribution >= 4 is 40.0 Å². The molecule has 2 N–H and O–H groups in total. The van der Waals surface area contributed by atoms with E-state index in [1.807, 2.05) is 0 Å². The van der Waals surface area contributed by atoms with E-state index in [2.05, 4.69) is 0 Å². The lowest BCUT2D eigenvalue weighted by atomic mass is 9.97. The third-order valence-electron chi connectivity index (χ3n) is 6.00. The molecule has 304 valence electrons. The topological polar surface area (TPSA) is 178 Å². The molecule has 53 heavy (non-hydrogen) atoms. The molecule has 11 nitrogen and oxygen atoms in total. The first-order valence-electron chi connectivity index (χ1n) is 11.8. The van der Waals surface area contributed by atoms with Crippen LogP contribution in [0.15, 0.2) is 57.2 Å². The molecule has 0 heterocycles. The number of ether oxygens (including phenoxy) is 1. The number of benzene rings is 2. The zero-order valence-electron chi connectivity index (χ0n) is 23.6. The van der Waals surface area contributed by atoms with Crippen molar-refractivity contribution in [3.63, 3.8) is 0 Å². The van der Waals surface area contributed by atoms with Gasteiger partial charge < -0.3 is 0 Å². The van der Waals surface area contributed by atoms with Crippen molar-refractivity contribution in [2.24, 2.45) is 0 Å². The Morgan fingerprint density at radius 1 is 0.528 bits per heavy atom. The van der Waals surface area contributed by atoms with Crippen molar-refractivity contribution < 1.29 is 122 Å². The predicted molar refractivity (Wildman–Crippen MR) is 130 cm³/mol. The molecule has 0 atom stereocenters. The molecule has 0 amide bonds. The maximum Gasteiger partial charge on any atom is 0.449 e. The number of halogens is 18. The fourth-order valence-electron chi connectivity index (χ4n) is 3.33. The van der Waals surface area contributed by atoms with E-state index in [1.54, 1.807) is 0 Å². The van der Waals surface area contributed by atoms with Gasteiger partial charge in [-0.1, -0.05) is 16.3 Å². The smallest absolute Gasteiger partial charge is 0.282 e. The van der Waals surface area contributed by atoms with Crippen LogP contribution in [0.3, 0.4) is 0 Å². The molecule has 2 aromatic rings. The van der Waals surface area contributed by atoms with Gasteiger partial charge in [0.25, 0.3) is 40.0 Å². The monoisotopic (exact) mass is 893 g/mol. The standard InChI is InChI=1S/C20H9F18NO10S4/c21-8-5-6-10(9(22)7-8)50(40,41)19(35,36)16(29,30)14(25,26)13(23,24)15(27,28)17(31,32)49-18(33,34)20(37,38)53(47,48)39-51(42,43)11-3-1-2-4-12(11)52(44,45)46/h1-7,39H,(H,44,45,46). The lowest BCUT2D eigenvalue weighted by molar-refractivity contribution is -0.497. The number of rotatable bonds is 15. The molecule has 0 unspecified atom stereocenters. The van der Waals surface area contributed by atoms with Crippen LogP contribution in [0.4, 0.5) is 79.0 Å². The van der Waals surface area contributed by atoms with Gasteiger partial charge in [-0.3, -0.25) is 4.55 Å². The van der Waals surface area contributed by atoms with Gasteiger partial charge in [0.05, 0.1) is 0 Å². The average Bonchev–Trinajstić information content (AvgIpc) is 2.94. The minimum absolute atomic E-state index is 0.0703. The zero-order valence-corrected chi connectivity index (χ0v) is 26.9. The van der Waals surface area contributed by atoms with E-state index in [-0.39, 0.29) is 18.2 Å². The summed E-state index contributed by atoms with van der Waals surface area (Å²) < 4.78 is 358. The zero-order chi connectivity index (χ0) is 42.3. The summed E-state index contributed by atoms with van der Waals surface area (Å²) >= 11 is 0. The van der Waals surface area contributed by atoms with E-state index >= 15 is 0 Å². The Hall–Kier alpha value is -3.14. The van der Waals surface area contributed by atoms with Gasteiger partial charge in [-0.15, -0.1) is 0 Å². The molecule has 0 aliphatic rings. The summed E-state index contributed by atoms with van der Waals surface area (Å²) in [6, 6.07) is -0.912. The van der Waals surface area contributed by atoms with Gasteiger partial charge in [-0.2, -0.15) is 78.7 Å². The van der Waals surface area contributed by atoms with Gasteiger partial charge in [0.2, 0.25) is 0 Å². The van der Waals surface area contributed by atoms with E-state index in [4.69, 9.17) is 4.55 Å². The highest BCUT2D eigenvalue weighted by atomic mass is 32.3. The molecule has 0 saturated carbocycles. The van der Waals surface area contributed by atoms with Crippen molar-refractivity contribution in [2.45, 2.75) is 61.1 Å². The summed E-state index contributed by atoms with van der Waals surface area (Å²) in [5.41, 5.74) is 0. The summed E-state index contributed by atoms with van der Waals surface area (Å²) in [7, 11) is -28.5. The highest BCUT2D eigenvalue weighted by Gasteiger charge is 2.93. The largest absolute Gasteiger partial charge is 0.449 e. The molecule has 33 heteroatoms. The fraction of sp³-hybridized carbons (Fsp3) is 0.400. The third kappa shape index (κ3) is 7.11. The van der Waals surface area contributed by atoms with Gasteiger partial charge in [-0.25, -0.2) is 38.8 Å². The van der Waals surface area contributed by atoms with Crippen LogP contribution in [0.5, 0.6) is 0 Å². The van der Waals surface area contributed by atoms with Gasteiger partial charge in [0.1, 0.15) is 26.3 Å². The lowest BCUT2D eigenvalue weighted by Crippen LogP contribution is -2.72. The Morgan fingerprint density at radius 2 is 0.962 bits per heavy atom. The van der Waals surface area contributed by atoms with Crippen LogP contribution in [0.25, 0.3) is 0 Å². The predicted octanol–water partition coefficient (Wildman–Crippen LogP) is 5.22. The van der Waals surface area contributed by atoms with Gasteiger partial charge >= 0.3 is 46.4 Å². The van der Waals surface area contributed by atoms with Crippen LogP contribution in [0, 0.1) is 11.6 Å². The molecule has 0 fully saturated rings. The van der Waals surface area contributed by atoms with Crippen LogP contribution in [0.2, 0.25) is 0 Å². The molecule has 0 aromatic heterocycles. The van der Waals surface area contributed by atoms with Gasteiger partial charge in [0, 0.05) is 6.07 Å². The Balaban J connectivity index is 2.63. The second kappa shape index (κ2) is 13.0. The number of alkyl halides is 16. The Morgan fingerprint density at radius 3 is 1.40 bits per heavy atom. The summed E-state index contributed by atoms with van der Waals surface area (Å²) in [6.45, 7) is 0. The summed E-state index contributed by atoms with van der Waals surface area (Å²) in [4.78, 5) is -7.02. The molecule has 0 radical (unpaired) electrons. The molecule has 0 aliphatic heterocycles. The van der Waals surface area contributed by atoms with Crippen LogP contribution in [-0.2, 0) is 44.7 Å². The molecule has 2 aromatic carbocycles. The molecule has 0 spiro atoms. The van der Waals surface area contributed by atoms with E-state index in [0.717, 1.165) is 0 Å². The van der Waals surface area contributed by atoms with Crippen LogP contribution < -0.4 is 4.13 Å². The number of sulfone groups is 1. The fourth-order valence-corrected chi connectivity index (χ4v) is 8.73. The summed E-state index contributed by atoms with van der Waals surface area (Å²) in [6.07, 6.45) is -16.8. The first-order chi connectivity index (χ1) is 23.1. The minimum Gasteiger partial charge on any atom is -0.282 e. The maximum absolute atomic E-state index is 14.3. The van der Waals surface area contributed by atoms with Crippen molar-refractivity contribution in [3.05, 3.63) is 54.1 Å². The molecular weight excluding hydrogens is 884 g/mol. The number of hydrogen-bond donors (Lipinski definition) is 2. The number of nitrogens with one attached hydrogen (secondary N) is 1. The molecule has 0 bridgehead atoms. The SMILES string of the molecule is O=S(=O)(O)c1ccccc1S(=O)(=O)NS(=O)(=O)C(F)(F)C(F)(F)OC(F)(F)C(F)(F)C(F)(F)C(F)(F)C(F)(F)C(F)(F)S(=O)(=O)c1ccc(F)cc1F. The minimum atomic E-state index is -9.11. The van der Waals surface area contributed by atoms with Crippen molar-refractivity contribution in [2.75, 3.05) is 0 Å². The van der Waals surface area contributed by atoms with Gasteiger partial charge in [0.15, 0.2) is 0 Å². The van der Waals surface area contributed by atoms with E-state index in [1.165, 1.54) is 4.74 Å². The molecule has 2 rings (SSSR count). The second-order valence-corrected chi connectivity index (χ2v) is 16.5. The average molecular weight is 894 g/mol. The number of hydrogen-bond acceptors (Lipinski definition) is 9. The van der Waals surface area contributed by atoms with Crippen molar-refractivity contribution in [3.8, 4) is 0 Å². The summed E-state index contributed by atoms with van der Waals surface area (Å²) in [5, 5.41) is -15.9. The Labute approximate surface area is 281 Å². The Bertz CT molecular complexity index is 2210. The molecular formula is C20H9F18NO10S4. The highest BCUT2D eigenvalue weighted by molar-refractivity contribution is 8.05. The lowest BCUT2D eigenvalue weighted by Gasteiger charge is -2.41. The first kappa shape index (κ1) is 46.0.